The van der Waals surface area contributed by atoms with Gasteiger partial charge in [0.05, 0.1) is 0 Å². The van der Waals surface area contributed by atoms with Gasteiger partial charge in [0.15, 0.2) is 0 Å². The molecule has 0 aromatic rings. The lowest BCUT2D eigenvalue weighted by molar-refractivity contribution is 0.294. The van der Waals surface area contributed by atoms with Crippen LogP contribution in [0.4, 0.5) is 0 Å². The van der Waals surface area contributed by atoms with Crippen LogP contribution >= 0.6 is 0 Å². The van der Waals surface area contributed by atoms with Crippen molar-refractivity contribution < 1.29 is 0 Å². The van der Waals surface area contributed by atoms with Gasteiger partial charge in [-0.3, -0.25) is 0 Å². The monoisotopic (exact) mass is 265 g/mol. The average molecular weight is 265 g/mol. The summed E-state index contributed by atoms with van der Waals surface area (Å²) in [6.45, 7) is 3.63. The summed E-state index contributed by atoms with van der Waals surface area (Å²) in [6.07, 6.45) is 19.1. The number of unbranched alkanes of at least 4 members (excludes halogenated alkanes) is 5. The van der Waals surface area contributed by atoms with Crippen LogP contribution in [0.15, 0.2) is 0 Å². The molecule has 2 aliphatic carbocycles. The number of nitrogens with one attached hydrogen (secondary N) is 1. The Morgan fingerprint density at radius 3 is 2.26 bits per heavy atom. The Hall–Kier alpha value is -0.0400. The first-order valence-electron chi connectivity index (χ1n) is 9.13. The van der Waals surface area contributed by atoms with E-state index in [1.54, 1.807) is 0 Å². The molecule has 1 atom stereocenters. The standard InChI is InChI=1S/C18H35N/c1-2-3-4-5-6-7-12-17(15-19-18-13-14-18)16-10-8-9-11-16/h16-19H,2-15H2,1H3. The van der Waals surface area contributed by atoms with Gasteiger partial charge in [-0.25, -0.2) is 0 Å². The van der Waals surface area contributed by atoms with Crippen molar-refractivity contribution in [3.8, 4) is 0 Å². The Morgan fingerprint density at radius 1 is 0.895 bits per heavy atom. The van der Waals surface area contributed by atoms with Gasteiger partial charge in [0, 0.05) is 6.04 Å². The second-order valence-corrected chi connectivity index (χ2v) is 7.04. The summed E-state index contributed by atoms with van der Waals surface area (Å²) in [6, 6.07) is 0.897. The molecule has 1 nitrogen and oxygen atoms in total. The maximum atomic E-state index is 3.79. The zero-order chi connectivity index (χ0) is 13.3. The normalized spacial score (nSPS) is 21.9. The molecule has 2 rings (SSSR count). The minimum atomic E-state index is 0.897. The Labute approximate surface area is 120 Å². The Bertz CT molecular complexity index is 216. The predicted octanol–water partition coefficient (Wildman–Crippen LogP) is 5.30. The third kappa shape index (κ3) is 6.29. The van der Waals surface area contributed by atoms with Crippen LogP contribution in [0.2, 0.25) is 0 Å². The summed E-state index contributed by atoms with van der Waals surface area (Å²) in [4.78, 5) is 0. The van der Waals surface area contributed by atoms with Gasteiger partial charge < -0.3 is 5.32 Å². The lowest BCUT2D eigenvalue weighted by Gasteiger charge is -2.24. The first-order valence-corrected chi connectivity index (χ1v) is 9.13. The van der Waals surface area contributed by atoms with Crippen LogP contribution in [0.5, 0.6) is 0 Å². The van der Waals surface area contributed by atoms with Gasteiger partial charge in [-0.2, -0.15) is 0 Å². The van der Waals surface area contributed by atoms with E-state index in [-0.39, 0.29) is 0 Å². The fourth-order valence-corrected chi connectivity index (χ4v) is 3.73. The molecule has 2 fully saturated rings. The van der Waals surface area contributed by atoms with Gasteiger partial charge in [0.1, 0.15) is 0 Å². The molecule has 0 amide bonds. The van der Waals surface area contributed by atoms with Gasteiger partial charge in [-0.05, 0) is 37.6 Å². The van der Waals surface area contributed by atoms with Gasteiger partial charge in [-0.15, -0.1) is 0 Å². The zero-order valence-corrected chi connectivity index (χ0v) is 13.1. The maximum absolute atomic E-state index is 3.79. The first kappa shape index (κ1) is 15.4. The zero-order valence-electron chi connectivity index (χ0n) is 13.1. The van der Waals surface area contributed by atoms with E-state index in [0.717, 1.165) is 17.9 Å². The van der Waals surface area contributed by atoms with Crippen molar-refractivity contribution in [2.45, 2.75) is 96.4 Å². The van der Waals surface area contributed by atoms with Crippen LogP contribution in [0.3, 0.4) is 0 Å². The molecule has 1 N–H and O–H groups in total. The Morgan fingerprint density at radius 2 is 1.58 bits per heavy atom. The quantitative estimate of drug-likeness (QED) is 0.500. The fourth-order valence-electron chi connectivity index (χ4n) is 3.73. The highest BCUT2D eigenvalue weighted by molar-refractivity contribution is 4.84. The minimum absolute atomic E-state index is 0.897. The summed E-state index contributed by atoms with van der Waals surface area (Å²) < 4.78 is 0. The third-order valence-corrected chi connectivity index (χ3v) is 5.24. The lowest BCUT2D eigenvalue weighted by atomic mass is 9.86. The van der Waals surface area contributed by atoms with Crippen molar-refractivity contribution in [3.05, 3.63) is 0 Å². The van der Waals surface area contributed by atoms with Crippen LogP contribution in [-0.4, -0.2) is 12.6 Å². The summed E-state index contributed by atoms with van der Waals surface area (Å²) in [5.74, 6) is 2.05. The topological polar surface area (TPSA) is 12.0 Å². The lowest BCUT2D eigenvalue weighted by Crippen LogP contribution is -2.28. The molecule has 0 spiro atoms. The molecule has 2 saturated carbocycles. The van der Waals surface area contributed by atoms with Crippen molar-refractivity contribution in [1.29, 1.82) is 0 Å². The third-order valence-electron chi connectivity index (χ3n) is 5.24. The molecular formula is C18H35N. The summed E-state index contributed by atoms with van der Waals surface area (Å²) in [7, 11) is 0. The van der Waals surface area contributed by atoms with Crippen molar-refractivity contribution in [2.24, 2.45) is 11.8 Å². The molecule has 112 valence electrons. The van der Waals surface area contributed by atoms with Crippen LogP contribution in [0.25, 0.3) is 0 Å². The molecule has 0 bridgehead atoms. The Kier molecular flexibility index (Phi) is 7.27. The second kappa shape index (κ2) is 9.00. The van der Waals surface area contributed by atoms with E-state index in [1.807, 2.05) is 0 Å². The highest BCUT2D eigenvalue weighted by atomic mass is 14.9. The van der Waals surface area contributed by atoms with Crippen LogP contribution in [0.1, 0.15) is 90.4 Å². The van der Waals surface area contributed by atoms with Gasteiger partial charge in [0.2, 0.25) is 0 Å². The molecule has 0 aliphatic heterocycles. The average Bonchev–Trinajstić information content (AvgIpc) is 3.09. The molecule has 1 heteroatoms. The largest absolute Gasteiger partial charge is 0.314 e. The van der Waals surface area contributed by atoms with E-state index >= 15 is 0 Å². The summed E-state index contributed by atoms with van der Waals surface area (Å²) in [5.41, 5.74) is 0. The number of hydrogen-bond acceptors (Lipinski definition) is 1. The van der Waals surface area contributed by atoms with Gasteiger partial charge >= 0.3 is 0 Å². The number of rotatable bonds is 11. The highest BCUT2D eigenvalue weighted by Gasteiger charge is 2.27. The van der Waals surface area contributed by atoms with E-state index in [4.69, 9.17) is 0 Å². The van der Waals surface area contributed by atoms with Gasteiger partial charge in [-0.1, -0.05) is 71.1 Å². The SMILES string of the molecule is CCCCCCCCC(CNC1CC1)C1CCCC1. The van der Waals surface area contributed by atoms with E-state index in [2.05, 4.69) is 12.2 Å². The molecule has 0 heterocycles. The summed E-state index contributed by atoms with van der Waals surface area (Å²) in [5, 5.41) is 3.79. The van der Waals surface area contributed by atoms with Crippen LogP contribution in [-0.2, 0) is 0 Å². The van der Waals surface area contributed by atoms with E-state index < -0.39 is 0 Å². The smallest absolute Gasteiger partial charge is 0.00683 e. The number of hydrogen-bond donors (Lipinski definition) is 1. The molecule has 1 unspecified atom stereocenters. The van der Waals surface area contributed by atoms with E-state index in [1.165, 1.54) is 90.0 Å². The molecule has 19 heavy (non-hydrogen) atoms. The molecule has 0 aromatic heterocycles. The fraction of sp³-hybridized carbons (Fsp3) is 1.00. The van der Waals surface area contributed by atoms with Crippen LogP contribution < -0.4 is 5.32 Å². The van der Waals surface area contributed by atoms with Crippen LogP contribution in [0, 0.1) is 11.8 Å². The molecule has 0 saturated heterocycles. The molecule has 0 radical (unpaired) electrons. The molecule has 2 aliphatic rings. The van der Waals surface area contributed by atoms with Gasteiger partial charge in [0.25, 0.3) is 0 Å². The van der Waals surface area contributed by atoms with Crippen molar-refractivity contribution >= 4 is 0 Å². The second-order valence-electron chi connectivity index (χ2n) is 7.04. The molecule has 0 aromatic carbocycles. The van der Waals surface area contributed by atoms with E-state index in [0.29, 0.717) is 0 Å². The van der Waals surface area contributed by atoms with Crippen molar-refractivity contribution in [1.82, 2.24) is 5.32 Å². The van der Waals surface area contributed by atoms with Crippen molar-refractivity contribution in [3.63, 3.8) is 0 Å². The van der Waals surface area contributed by atoms with E-state index in [9.17, 15) is 0 Å². The van der Waals surface area contributed by atoms with Crippen molar-refractivity contribution in [2.75, 3.05) is 6.54 Å². The minimum Gasteiger partial charge on any atom is -0.314 e. The molecular weight excluding hydrogens is 230 g/mol. The first-order chi connectivity index (χ1) is 9.40. The summed E-state index contributed by atoms with van der Waals surface area (Å²) >= 11 is 0. The maximum Gasteiger partial charge on any atom is 0.00683 e. The predicted molar refractivity (Wildman–Crippen MR) is 84.5 cm³/mol. The Balaban J connectivity index is 1.58. The highest BCUT2D eigenvalue weighted by Crippen LogP contribution is 2.34.